The summed E-state index contributed by atoms with van der Waals surface area (Å²) in [5.74, 6) is -1.76. The number of amides is 1. The molecule has 0 unspecified atom stereocenters. The molecule has 2 aliphatic carbocycles. The highest BCUT2D eigenvalue weighted by molar-refractivity contribution is 5.86. The molecule has 2 aromatic carbocycles. The monoisotopic (exact) mass is 451 g/mol. The Morgan fingerprint density at radius 3 is 2.06 bits per heavy atom. The van der Waals surface area contributed by atoms with Crippen LogP contribution in [-0.2, 0) is 19.1 Å². The van der Waals surface area contributed by atoms with Gasteiger partial charge in [-0.1, -0.05) is 48.5 Å². The number of carboxylic acid groups (broad SMARTS) is 1. The second-order valence-electron chi connectivity index (χ2n) is 9.90. The average molecular weight is 452 g/mol. The van der Waals surface area contributed by atoms with Crippen molar-refractivity contribution in [3.05, 3.63) is 59.7 Å². The second-order valence-corrected chi connectivity index (χ2v) is 9.90. The summed E-state index contributed by atoms with van der Waals surface area (Å²) in [6.45, 7) is 5.46. The van der Waals surface area contributed by atoms with Crippen molar-refractivity contribution in [3.8, 4) is 11.1 Å². The van der Waals surface area contributed by atoms with Crippen molar-refractivity contribution in [2.24, 2.45) is 5.92 Å². The van der Waals surface area contributed by atoms with Crippen molar-refractivity contribution in [3.63, 3.8) is 0 Å². The summed E-state index contributed by atoms with van der Waals surface area (Å²) in [6.07, 6.45) is -0.328. The first-order valence-corrected chi connectivity index (χ1v) is 11.2. The summed E-state index contributed by atoms with van der Waals surface area (Å²) in [6, 6.07) is 16.0. The fraction of sp³-hybridized carbons (Fsp3) is 0.423. The van der Waals surface area contributed by atoms with Crippen molar-refractivity contribution < 1.29 is 29.0 Å². The van der Waals surface area contributed by atoms with Crippen molar-refractivity contribution >= 4 is 18.0 Å². The number of hydrogen-bond donors (Lipinski definition) is 2. The van der Waals surface area contributed by atoms with Crippen molar-refractivity contribution in [1.82, 2.24) is 5.32 Å². The molecular formula is C26H29NO6. The lowest BCUT2D eigenvalue weighted by Crippen LogP contribution is -2.62. The summed E-state index contributed by atoms with van der Waals surface area (Å²) in [5.41, 5.74) is 2.39. The van der Waals surface area contributed by atoms with Crippen LogP contribution >= 0.6 is 0 Å². The van der Waals surface area contributed by atoms with Gasteiger partial charge < -0.3 is 19.9 Å². The van der Waals surface area contributed by atoms with Gasteiger partial charge in [0.2, 0.25) is 0 Å². The van der Waals surface area contributed by atoms with E-state index >= 15 is 0 Å². The van der Waals surface area contributed by atoms with Gasteiger partial charge in [-0.2, -0.15) is 0 Å². The lowest BCUT2D eigenvalue weighted by molar-refractivity contribution is -0.161. The van der Waals surface area contributed by atoms with Crippen LogP contribution < -0.4 is 5.32 Å². The van der Waals surface area contributed by atoms with E-state index < -0.39 is 23.2 Å². The smallest absolute Gasteiger partial charge is 0.408 e. The molecule has 0 bridgehead atoms. The number of carbonyl (C=O) groups is 3. The van der Waals surface area contributed by atoms with E-state index in [0.29, 0.717) is 0 Å². The summed E-state index contributed by atoms with van der Waals surface area (Å²) in [7, 11) is 0. The van der Waals surface area contributed by atoms with E-state index in [1.165, 1.54) is 0 Å². The molecule has 2 N–H and O–H groups in total. The highest BCUT2D eigenvalue weighted by Crippen LogP contribution is 2.45. The Bertz CT molecular complexity index is 1030. The Morgan fingerprint density at radius 2 is 1.55 bits per heavy atom. The van der Waals surface area contributed by atoms with Crippen LogP contribution in [0, 0.1) is 5.92 Å². The molecule has 33 heavy (non-hydrogen) atoms. The van der Waals surface area contributed by atoms with Crippen LogP contribution in [0.3, 0.4) is 0 Å². The van der Waals surface area contributed by atoms with Gasteiger partial charge in [-0.05, 0) is 61.8 Å². The van der Waals surface area contributed by atoms with E-state index in [4.69, 9.17) is 9.47 Å². The van der Waals surface area contributed by atoms with Crippen LogP contribution in [0.2, 0.25) is 0 Å². The van der Waals surface area contributed by atoms with Gasteiger partial charge in [-0.25, -0.2) is 9.59 Å². The SMILES string of the molecule is CC(C)(C)OC(=O)CC1CC(NC(=O)OCC2c3ccccc3-c3ccccc32)(C(=O)O)C1. The minimum absolute atomic E-state index is 0.106. The topological polar surface area (TPSA) is 102 Å². The fourth-order valence-electron chi connectivity index (χ4n) is 4.85. The minimum atomic E-state index is -1.42. The number of aliphatic carboxylic acids is 1. The lowest BCUT2D eigenvalue weighted by Gasteiger charge is -2.44. The van der Waals surface area contributed by atoms with Gasteiger partial charge in [-0.3, -0.25) is 4.79 Å². The van der Waals surface area contributed by atoms with E-state index in [-0.39, 0.29) is 43.7 Å². The first-order chi connectivity index (χ1) is 15.6. The van der Waals surface area contributed by atoms with Gasteiger partial charge in [-0.15, -0.1) is 0 Å². The van der Waals surface area contributed by atoms with Crippen molar-refractivity contribution in [1.29, 1.82) is 0 Å². The standard InChI is InChI=1S/C26H29NO6/c1-25(2,3)33-22(28)12-16-13-26(14-16,23(29)30)27-24(31)32-15-21-19-10-6-4-8-17(19)18-9-5-7-11-20(18)21/h4-11,16,21H,12-15H2,1-3H3,(H,27,31)(H,29,30). The van der Waals surface area contributed by atoms with E-state index in [1.807, 2.05) is 48.5 Å². The third kappa shape index (κ3) is 4.72. The molecule has 0 atom stereocenters. The summed E-state index contributed by atoms with van der Waals surface area (Å²) in [4.78, 5) is 36.5. The molecular weight excluding hydrogens is 422 g/mol. The molecule has 7 heteroatoms. The van der Waals surface area contributed by atoms with Crippen LogP contribution in [0.5, 0.6) is 0 Å². The number of rotatable bonds is 6. The Hall–Kier alpha value is -3.35. The number of alkyl carbamates (subject to hydrolysis) is 1. The number of ether oxygens (including phenoxy) is 2. The predicted molar refractivity (Wildman–Crippen MR) is 122 cm³/mol. The molecule has 0 heterocycles. The lowest BCUT2D eigenvalue weighted by atomic mass is 9.67. The van der Waals surface area contributed by atoms with Gasteiger partial charge in [0.1, 0.15) is 17.7 Å². The number of nitrogens with one attached hydrogen (secondary N) is 1. The zero-order valence-corrected chi connectivity index (χ0v) is 19.1. The Labute approximate surface area is 193 Å². The van der Waals surface area contributed by atoms with E-state index in [9.17, 15) is 19.5 Å². The first kappa shape index (κ1) is 22.8. The molecule has 174 valence electrons. The largest absolute Gasteiger partial charge is 0.480 e. The molecule has 2 aromatic rings. The van der Waals surface area contributed by atoms with E-state index in [2.05, 4.69) is 5.32 Å². The zero-order valence-electron chi connectivity index (χ0n) is 19.1. The van der Waals surface area contributed by atoms with E-state index in [0.717, 1.165) is 22.3 Å². The molecule has 0 radical (unpaired) electrons. The van der Waals surface area contributed by atoms with Gasteiger partial charge in [0.25, 0.3) is 0 Å². The van der Waals surface area contributed by atoms with Gasteiger partial charge in [0.15, 0.2) is 0 Å². The molecule has 1 saturated carbocycles. The van der Waals surface area contributed by atoms with Crippen LogP contribution in [0.1, 0.15) is 57.1 Å². The predicted octanol–water partition coefficient (Wildman–Crippen LogP) is 4.49. The molecule has 7 nitrogen and oxygen atoms in total. The quantitative estimate of drug-likeness (QED) is 0.628. The van der Waals surface area contributed by atoms with Crippen LogP contribution in [-0.4, -0.2) is 40.9 Å². The molecule has 4 rings (SSSR count). The molecule has 1 amide bonds. The number of fused-ring (bicyclic) bond motifs is 3. The van der Waals surface area contributed by atoms with Crippen molar-refractivity contribution in [2.75, 3.05) is 6.61 Å². The zero-order chi connectivity index (χ0) is 23.8. The highest BCUT2D eigenvalue weighted by atomic mass is 16.6. The number of hydrogen-bond acceptors (Lipinski definition) is 5. The maximum absolute atomic E-state index is 12.6. The van der Waals surface area contributed by atoms with Gasteiger partial charge in [0, 0.05) is 12.3 Å². The van der Waals surface area contributed by atoms with Gasteiger partial charge in [0.05, 0.1) is 0 Å². The second kappa shape index (κ2) is 8.54. The van der Waals surface area contributed by atoms with E-state index in [1.54, 1.807) is 20.8 Å². The highest BCUT2D eigenvalue weighted by Gasteiger charge is 2.52. The number of esters is 1. The summed E-state index contributed by atoms with van der Waals surface area (Å²) in [5, 5.41) is 12.3. The Balaban J connectivity index is 1.36. The van der Waals surface area contributed by atoms with Gasteiger partial charge >= 0.3 is 18.0 Å². The third-order valence-corrected chi connectivity index (χ3v) is 6.24. The minimum Gasteiger partial charge on any atom is -0.480 e. The Morgan fingerprint density at radius 1 is 1.00 bits per heavy atom. The van der Waals surface area contributed by atoms with Crippen LogP contribution in [0.4, 0.5) is 4.79 Å². The maximum Gasteiger partial charge on any atom is 0.408 e. The normalized spacial score (nSPS) is 21.4. The molecule has 1 fully saturated rings. The number of carbonyl (C=O) groups excluding carboxylic acids is 2. The molecule has 0 spiro atoms. The molecule has 0 saturated heterocycles. The maximum atomic E-state index is 12.6. The average Bonchev–Trinajstić information content (AvgIpc) is 3.03. The number of carboxylic acids is 1. The summed E-state index contributed by atoms with van der Waals surface area (Å²) < 4.78 is 10.8. The third-order valence-electron chi connectivity index (χ3n) is 6.24. The Kier molecular flexibility index (Phi) is 5.91. The molecule has 0 aromatic heterocycles. The van der Waals surface area contributed by atoms with Crippen molar-refractivity contribution in [2.45, 2.75) is 57.1 Å². The first-order valence-electron chi connectivity index (χ1n) is 11.2. The van der Waals surface area contributed by atoms with Crippen LogP contribution in [0.25, 0.3) is 11.1 Å². The summed E-state index contributed by atoms with van der Waals surface area (Å²) >= 11 is 0. The van der Waals surface area contributed by atoms with Crippen LogP contribution in [0.15, 0.2) is 48.5 Å². The number of benzene rings is 2. The molecule has 0 aliphatic heterocycles. The molecule has 2 aliphatic rings. The fourth-order valence-corrected chi connectivity index (χ4v) is 4.85.